The van der Waals surface area contributed by atoms with Crippen molar-refractivity contribution < 1.29 is 14.3 Å². The molecule has 2 amide bonds. The van der Waals surface area contributed by atoms with Crippen LogP contribution in [0.5, 0.6) is 5.75 Å². The molecule has 0 radical (unpaired) electrons. The van der Waals surface area contributed by atoms with Crippen LogP contribution in [0.25, 0.3) is 0 Å². The summed E-state index contributed by atoms with van der Waals surface area (Å²) in [5.74, 6) is -0.0588. The summed E-state index contributed by atoms with van der Waals surface area (Å²) in [4.78, 5) is 27.5. The van der Waals surface area contributed by atoms with E-state index in [2.05, 4.69) is 28.2 Å². The molecule has 31 heavy (non-hydrogen) atoms. The predicted octanol–water partition coefficient (Wildman–Crippen LogP) is 5.86. The lowest BCUT2D eigenvalue weighted by Crippen LogP contribution is -2.50. The van der Waals surface area contributed by atoms with E-state index in [1.165, 1.54) is 0 Å². The standard InChI is InChI=1S/C23H27BrCl2N2O3/c1-3-5-12-27-23(30)20(4-2)28(14-16-6-9-18(25)10-7-16)22(29)15-31-21-11-8-17(24)13-19(21)26/h6-11,13,20H,3-5,12,14-15H2,1-2H3,(H,27,30)/t20-/m1/s1. The molecule has 0 fully saturated rings. The van der Waals surface area contributed by atoms with E-state index in [0.29, 0.717) is 28.8 Å². The predicted molar refractivity (Wildman–Crippen MR) is 129 cm³/mol. The largest absolute Gasteiger partial charge is 0.482 e. The Balaban J connectivity index is 2.18. The average molecular weight is 530 g/mol. The van der Waals surface area contributed by atoms with Gasteiger partial charge < -0.3 is 15.0 Å². The average Bonchev–Trinajstić information content (AvgIpc) is 2.74. The summed E-state index contributed by atoms with van der Waals surface area (Å²) in [6, 6.07) is 11.8. The maximum Gasteiger partial charge on any atom is 0.261 e. The molecule has 5 nitrogen and oxygen atoms in total. The second-order valence-electron chi connectivity index (χ2n) is 7.08. The number of nitrogens with one attached hydrogen (secondary N) is 1. The molecule has 0 aliphatic heterocycles. The lowest BCUT2D eigenvalue weighted by Gasteiger charge is -2.30. The van der Waals surface area contributed by atoms with E-state index in [1.54, 1.807) is 35.2 Å². The summed E-state index contributed by atoms with van der Waals surface area (Å²) in [5, 5.41) is 3.94. The van der Waals surface area contributed by atoms with Crippen molar-refractivity contribution in [3.8, 4) is 5.75 Å². The first-order valence-corrected chi connectivity index (χ1v) is 11.8. The molecule has 1 N–H and O–H groups in total. The number of benzene rings is 2. The topological polar surface area (TPSA) is 58.6 Å². The monoisotopic (exact) mass is 528 g/mol. The SMILES string of the molecule is CCCCNC(=O)[C@@H](CC)N(Cc1ccc(Cl)cc1)C(=O)COc1ccc(Br)cc1Cl. The third kappa shape index (κ3) is 8.02. The molecular formula is C23H27BrCl2N2O3. The number of nitrogens with zero attached hydrogens (tertiary/aromatic N) is 1. The molecule has 0 heterocycles. The lowest BCUT2D eigenvalue weighted by molar-refractivity contribution is -0.143. The fourth-order valence-corrected chi connectivity index (χ4v) is 3.88. The zero-order chi connectivity index (χ0) is 22.8. The summed E-state index contributed by atoms with van der Waals surface area (Å²) < 4.78 is 6.48. The van der Waals surface area contributed by atoms with Crippen molar-refractivity contribution in [3.05, 3.63) is 62.5 Å². The van der Waals surface area contributed by atoms with Gasteiger partial charge in [-0.25, -0.2) is 0 Å². The van der Waals surface area contributed by atoms with Gasteiger partial charge in [0.05, 0.1) is 5.02 Å². The summed E-state index contributed by atoms with van der Waals surface area (Å²) in [6.07, 6.45) is 2.35. The first-order valence-electron chi connectivity index (χ1n) is 10.2. The Morgan fingerprint density at radius 3 is 2.45 bits per heavy atom. The van der Waals surface area contributed by atoms with Crippen molar-refractivity contribution >= 4 is 50.9 Å². The van der Waals surface area contributed by atoms with E-state index in [4.69, 9.17) is 27.9 Å². The van der Waals surface area contributed by atoms with Gasteiger partial charge in [0.15, 0.2) is 6.61 Å². The van der Waals surface area contributed by atoms with Crippen molar-refractivity contribution in [1.29, 1.82) is 0 Å². The molecular weight excluding hydrogens is 503 g/mol. The quantitative estimate of drug-likeness (QED) is 0.371. The van der Waals surface area contributed by atoms with Crippen LogP contribution in [-0.2, 0) is 16.1 Å². The van der Waals surface area contributed by atoms with E-state index in [9.17, 15) is 9.59 Å². The van der Waals surface area contributed by atoms with Crippen molar-refractivity contribution in [3.63, 3.8) is 0 Å². The van der Waals surface area contributed by atoms with Crippen molar-refractivity contribution in [2.24, 2.45) is 0 Å². The third-order valence-corrected chi connectivity index (χ3v) is 5.77. The maximum absolute atomic E-state index is 13.1. The zero-order valence-electron chi connectivity index (χ0n) is 17.7. The minimum atomic E-state index is -0.607. The van der Waals surface area contributed by atoms with Crippen molar-refractivity contribution in [2.75, 3.05) is 13.2 Å². The molecule has 8 heteroatoms. The Morgan fingerprint density at radius 1 is 1.13 bits per heavy atom. The van der Waals surface area contributed by atoms with Gasteiger partial charge in [-0.3, -0.25) is 9.59 Å². The minimum absolute atomic E-state index is 0.167. The number of hydrogen-bond donors (Lipinski definition) is 1. The van der Waals surface area contributed by atoms with Crippen molar-refractivity contribution in [1.82, 2.24) is 10.2 Å². The molecule has 168 valence electrons. The van der Waals surface area contributed by atoms with Crippen LogP contribution in [0.15, 0.2) is 46.9 Å². The highest BCUT2D eigenvalue weighted by Crippen LogP contribution is 2.28. The van der Waals surface area contributed by atoms with E-state index >= 15 is 0 Å². The number of ether oxygens (including phenoxy) is 1. The Morgan fingerprint density at radius 2 is 1.84 bits per heavy atom. The van der Waals surface area contributed by atoms with Gasteiger partial charge in [0, 0.05) is 22.6 Å². The molecule has 2 rings (SSSR count). The van der Waals surface area contributed by atoms with Crippen LogP contribution < -0.4 is 10.1 Å². The Labute approximate surface area is 202 Å². The second-order valence-corrected chi connectivity index (χ2v) is 8.84. The van der Waals surface area contributed by atoms with Crippen LogP contribution in [0.1, 0.15) is 38.7 Å². The highest BCUT2D eigenvalue weighted by atomic mass is 79.9. The van der Waals surface area contributed by atoms with E-state index in [-0.39, 0.29) is 25.0 Å². The third-order valence-electron chi connectivity index (χ3n) is 4.73. The van der Waals surface area contributed by atoms with Gasteiger partial charge in [-0.15, -0.1) is 0 Å². The molecule has 0 unspecified atom stereocenters. The van der Waals surface area contributed by atoms with E-state index < -0.39 is 6.04 Å². The van der Waals surface area contributed by atoms with Crippen LogP contribution >= 0.6 is 39.1 Å². The van der Waals surface area contributed by atoms with Gasteiger partial charge in [0.2, 0.25) is 5.91 Å². The molecule has 2 aromatic rings. The fourth-order valence-electron chi connectivity index (χ4n) is 3.03. The van der Waals surface area contributed by atoms with Crippen LogP contribution in [0.3, 0.4) is 0 Å². The van der Waals surface area contributed by atoms with E-state index in [0.717, 1.165) is 22.9 Å². The number of halogens is 3. The number of carbonyl (C=O) groups is 2. The van der Waals surface area contributed by atoms with Gasteiger partial charge in [-0.05, 0) is 48.7 Å². The normalized spacial score (nSPS) is 11.6. The second kappa shape index (κ2) is 12.9. The molecule has 2 aromatic carbocycles. The molecule has 0 aliphatic rings. The highest BCUT2D eigenvalue weighted by Gasteiger charge is 2.29. The van der Waals surface area contributed by atoms with Crippen LogP contribution in [0.2, 0.25) is 10.0 Å². The molecule has 0 saturated heterocycles. The Kier molecular flexibility index (Phi) is 10.6. The summed E-state index contributed by atoms with van der Waals surface area (Å²) in [5.41, 5.74) is 0.874. The first-order chi connectivity index (χ1) is 14.8. The van der Waals surface area contributed by atoms with Crippen LogP contribution in [0, 0.1) is 0 Å². The number of hydrogen-bond acceptors (Lipinski definition) is 3. The highest BCUT2D eigenvalue weighted by molar-refractivity contribution is 9.10. The Bertz CT molecular complexity index is 878. The molecule has 0 bridgehead atoms. The summed E-state index contributed by atoms with van der Waals surface area (Å²) >= 11 is 15.5. The van der Waals surface area contributed by atoms with Gasteiger partial charge >= 0.3 is 0 Å². The van der Waals surface area contributed by atoms with Gasteiger partial charge in [-0.1, -0.05) is 71.5 Å². The minimum Gasteiger partial charge on any atom is -0.482 e. The smallest absolute Gasteiger partial charge is 0.261 e. The van der Waals surface area contributed by atoms with Gasteiger partial charge in [-0.2, -0.15) is 0 Å². The lowest BCUT2D eigenvalue weighted by atomic mass is 10.1. The fraction of sp³-hybridized carbons (Fsp3) is 0.391. The summed E-state index contributed by atoms with van der Waals surface area (Å²) in [7, 11) is 0. The van der Waals surface area contributed by atoms with Gasteiger partial charge in [0.25, 0.3) is 5.91 Å². The number of rotatable bonds is 11. The van der Waals surface area contributed by atoms with Crippen molar-refractivity contribution in [2.45, 2.75) is 45.7 Å². The van der Waals surface area contributed by atoms with Crippen LogP contribution in [-0.4, -0.2) is 35.9 Å². The molecule has 1 atom stereocenters. The summed E-state index contributed by atoms with van der Waals surface area (Å²) in [6.45, 7) is 4.57. The zero-order valence-corrected chi connectivity index (χ0v) is 20.8. The molecule has 0 saturated carbocycles. The van der Waals surface area contributed by atoms with E-state index in [1.807, 2.05) is 19.1 Å². The first kappa shape index (κ1) is 25.5. The molecule has 0 aliphatic carbocycles. The molecule has 0 spiro atoms. The van der Waals surface area contributed by atoms with Crippen LogP contribution in [0.4, 0.5) is 0 Å². The van der Waals surface area contributed by atoms with Gasteiger partial charge in [0.1, 0.15) is 11.8 Å². The Hall–Kier alpha value is -1.76. The number of amides is 2. The number of carbonyl (C=O) groups excluding carboxylic acids is 2. The molecule has 0 aromatic heterocycles. The maximum atomic E-state index is 13.1. The number of unbranched alkanes of at least 4 members (excludes halogenated alkanes) is 1.